The number of amides is 3. The van der Waals surface area contributed by atoms with Crippen LogP contribution in [0.4, 0.5) is 0 Å². The second kappa shape index (κ2) is 30.6. The number of hydrogen-bond acceptors (Lipinski definition) is 15. The van der Waals surface area contributed by atoms with Gasteiger partial charge in [0, 0.05) is 104 Å². The van der Waals surface area contributed by atoms with Crippen LogP contribution >= 0.6 is 82.6 Å². The summed E-state index contributed by atoms with van der Waals surface area (Å²) in [5.41, 5.74) is -12.8. The average molecular weight is 1760 g/mol. The van der Waals surface area contributed by atoms with E-state index in [0.29, 0.717) is 48.4 Å². The number of aromatic nitrogens is 3. The maximum atomic E-state index is 14.1. The van der Waals surface area contributed by atoms with Crippen LogP contribution < -0.4 is 31.2 Å². The van der Waals surface area contributed by atoms with E-state index < -0.39 is 104 Å². The number of terminal acetylenes is 3. The van der Waals surface area contributed by atoms with Crippen molar-refractivity contribution >= 4 is 129 Å². The van der Waals surface area contributed by atoms with Crippen LogP contribution in [0.15, 0.2) is 214 Å². The summed E-state index contributed by atoms with van der Waals surface area (Å²) >= 11 is 29.0. The normalized spacial score (nSPS) is 28.6. The first-order valence-corrected chi connectivity index (χ1v) is 36.0. The van der Waals surface area contributed by atoms with Crippen molar-refractivity contribution in [2.24, 2.45) is 17.8 Å². The van der Waals surface area contributed by atoms with E-state index in [1.54, 1.807) is 109 Å². The van der Waals surface area contributed by atoms with Crippen molar-refractivity contribution in [2.45, 2.75) is 62.6 Å². The Morgan fingerprint density at radius 2 is 0.738 bits per heavy atom. The van der Waals surface area contributed by atoms with Crippen LogP contribution in [-0.4, -0.2) is 155 Å². The summed E-state index contributed by atoms with van der Waals surface area (Å²) in [7, 11) is 9.51. The molecule has 5 N–H and O–H groups in total. The Morgan fingerprint density at radius 1 is 0.458 bits per heavy atom. The van der Waals surface area contributed by atoms with Crippen LogP contribution in [0.25, 0.3) is 0 Å². The number of ketones is 1. The van der Waals surface area contributed by atoms with E-state index in [1.807, 2.05) is 103 Å². The van der Waals surface area contributed by atoms with Gasteiger partial charge in [0.1, 0.15) is 40.2 Å². The molecule has 3 aliphatic carbocycles. The molecule has 18 nitrogen and oxygen atoms in total. The van der Waals surface area contributed by atoms with E-state index in [4.69, 9.17) is 68.3 Å². The maximum absolute atomic E-state index is 14.1. The average Bonchev–Trinajstić information content (AvgIpc) is 1.50. The Balaban J connectivity index is 0.000000168. The van der Waals surface area contributed by atoms with Gasteiger partial charge < -0.3 is 84.3 Å². The molecule has 15 rings (SSSR count). The van der Waals surface area contributed by atoms with Gasteiger partial charge in [-0.3, -0.25) is 34.1 Å². The van der Waals surface area contributed by atoms with Crippen molar-refractivity contribution in [3.8, 4) is 48.4 Å². The van der Waals surface area contributed by atoms with Crippen LogP contribution in [0, 0.1) is 55.3 Å². The van der Waals surface area contributed by atoms with Gasteiger partial charge >= 0.3 is 23.1 Å². The topological polar surface area (TPSA) is 246 Å². The predicted octanol–water partition coefficient (Wildman–Crippen LogP) is 8.55. The van der Waals surface area contributed by atoms with Crippen molar-refractivity contribution in [1.29, 1.82) is 0 Å². The second-order valence-electron chi connectivity index (χ2n) is 26.6. The Morgan fingerprint density at radius 3 is 1.05 bits per heavy atom. The molecule has 3 aromatic heterocycles. The van der Waals surface area contributed by atoms with E-state index in [-0.39, 0.29) is 74.4 Å². The molecule has 0 spiro atoms. The van der Waals surface area contributed by atoms with Crippen LogP contribution in [0.1, 0.15) is 68.2 Å². The van der Waals surface area contributed by atoms with Gasteiger partial charge in [0.05, 0.1) is 32.8 Å². The monoisotopic (exact) mass is 1760 g/mol. The summed E-state index contributed by atoms with van der Waals surface area (Å²) in [5, 5.41) is 63.1. The smallest absolute Gasteiger partial charge is 1.00 e. The van der Waals surface area contributed by atoms with Gasteiger partial charge in [0.25, 0.3) is 0 Å². The second-order valence-corrected chi connectivity index (χ2v) is 30.7. The number of ether oxygens (including phenoxy) is 3. The number of carbonyl (C=O) groups is 4. The molecule has 542 valence electrons. The SMILES string of the molecule is C#CC1(O)C(C(=O)N(C)C)[C@@H](c2ccccc2)[C@]2(c3ccc(Br)cc3)Oc3cc(Cl)cnc3[C@]12O.C#CC1(O)C(C(=O)N(C)C)[C@@H](c2ccccc2)[C@]2(c3ccc(Br)cc3)Oc3cc(Cl)cnc3[C@]12O.CN(C)C(=O)[C@H]1C(=O)[C@@]2(O)c3ncc(Cl)cc3O[C@@]2(c2ccc(Br)cc2)[C@@H]1c1ccccc1.[Br-].[C-]#C.[Mg+2]. The summed E-state index contributed by atoms with van der Waals surface area (Å²) in [6.07, 6.45) is 25.0. The molecular weight excluding hydrogens is 1700 g/mol. The van der Waals surface area contributed by atoms with Gasteiger partial charge in [0.15, 0.2) is 45.0 Å². The quantitative estimate of drug-likeness (QED) is 0.0393. The minimum Gasteiger partial charge on any atom is -1.00 e. The number of aliphatic hydroxyl groups is 5. The van der Waals surface area contributed by atoms with Crippen LogP contribution in [0.3, 0.4) is 0 Å². The zero-order chi connectivity index (χ0) is 75.9. The number of nitrogens with zero attached hydrogens (tertiary/aromatic N) is 6. The van der Waals surface area contributed by atoms with E-state index in [2.05, 4.69) is 81.0 Å². The van der Waals surface area contributed by atoms with Gasteiger partial charge in [-0.15, -0.1) is 12.8 Å². The molecule has 3 aliphatic heterocycles. The predicted molar refractivity (Wildman–Crippen MR) is 409 cm³/mol. The van der Waals surface area contributed by atoms with Gasteiger partial charge in [0.2, 0.25) is 23.3 Å². The third-order valence-electron chi connectivity index (χ3n) is 20.7. The fraction of sp³-hybridized carbons (Fsp3) is 0.247. The standard InChI is InChI=1S/2C27H22BrClN2O4.C25H20BrClN2O4.C2H.BrH.Mg/c2*1-4-25(33)22(24(32)31(2)3)21(16-8-6-5-7-9-16)26(17-10-12-18(28)13-11-17)27(25,34)23-20(35-26)14-19(29)15-30-23;1-29(2)23(31)19-20(14-6-4-3-5-7-14)25(15-8-10-16(26)11-9-15)24(32,22(19)30)21-18(33-25)12-17(27)13-28-21;1-2;;/h2*1,5-15,21-22,33-34H,2-3H3;3-13,19-20,32H,1-2H3;1H;1H;/q;;;-1;;+2/p-1/t2*21-,22?,25?,26+,27+;19-,20-,24+,25+;;;/m111.../s1. The number of halogens is 7. The Bertz CT molecular complexity index is 4830. The third kappa shape index (κ3) is 12.0. The molecule has 9 aromatic rings. The minimum absolute atomic E-state index is 0. The number of rotatable bonds is 9. The fourth-order valence-electron chi connectivity index (χ4n) is 16.5. The molecule has 0 radical (unpaired) electrons. The number of carbonyl (C=O) groups excluding carboxylic acids is 4. The van der Waals surface area contributed by atoms with Crippen molar-refractivity contribution in [3.05, 3.63) is 286 Å². The van der Waals surface area contributed by atoms with Crippen molar-refractivity contribution < 1.29 is 75.9 Å². The molecule has 6 aromatic carbocycles. The van der Waals surface area contributed by atoms with E-state index in [1.165, 1.54) is 45.4 Å². The summed E-state index contributed by atoms with van der Waals surface area (Å²) in [4.78, 5) is 72.1. The Labute approximate surface area is 685 Å². The first-order chi connectivity index (χ1) is 49.9. The van der Waals surface area contributed by atoms with Gasteiger partial charge in [-0.25, -0.2) is 0 Å². The molecule has 14 atom stereocenters. The molecule has 0 bridgehead atoms. The summed E-state index contributed by atoms with van der Waals surface area (Å²) in [5.74, 6) is -2.86. The summed E-state index contributed by atoms with van der Waals surface area (Å²) in [6.45, 7) is 0. The van der Waals surface area contributed by atoms with E-state index >= 15 is 0 Å². The maximum Gasteiger partial charge on any atom is 2.00 e. The Hall–Kier alpha value is -7.71. The molecule has 3 amide bonds. The molecular formula is C81H65Br4Cl3MgN6O12. The van der Waals surface area contributed by atoms with E-state index in [9.17, 15) is 44.7 Å². The first kappa shape index (κ1) is 81.8. The van der Waals surface area contributed by atoms with Gasteiger partial charge in [-0.1, -0.05) is 222 Å². The van der Waals surface area contributed by atoms with Crippen molar-refractivity contribution in [3.63, 3.8) is 0 Å². The van der Waals surface area contributed by atoms with Crippen molar-refractivity contribution in [2.75, 3.05) is 42.3 Å². The number of fused-ring (bicyclic) bond motifs is 9. The molecule has 4 unspecified atom stereocenters. The molecule has 3 fully saturated rings. The molecule has 3 saturated carbocycles. The first-order valence-electron chi connectivity index (χ1n) is 32.5. The zero-order valence-electron chi connectivity index (χ0n) is 57.9. The number of pyridine rings is 3. The minimum atomic E-state index is -2.38. The van der Waals surface area contributed by atoms with E-state index in [0.717, 1.165) is 13.4 Å². The molecule has 6 aliphatic rings. The number of Topliss-reactive ketones (excluding diaryl/α,β-unsaturated/α-hetero) is 1. The summed E-state index contributed by atoms with van der Waals surface area (Å²) in [6, 6.07) is 53.6. The largest absolute Gasteiger partial charge is 2.00 e. The van der Waals surface area contributed by atoms with Crippen LogP contribution in [0.2, 0.25) is 15.1 Å². The van der Waals surface area contributed by atoms with Crippen LogP contribution in [0.5, 0.6) is 17.2 Å². The summed E-state index contributed by atoms with van der Waals surface area (Å²) < 4.78 is 22.2. The molecule has 107 heavy (non-hydrogen) atoms. The third-order valence-corrected chi connectivity index (χ3v) is 22.9. The molecule has 0 saturated heterocycles. The molecule has 6 heterocycles. The van der Waals surface area contributed by atoms with Crippen molar-refractivity contribution in [1.82, 2.24) is 29.7 Å². The Kier molecular flexibility index (Phi) is 23.4. The zero-order valence-corrected chi connectivity index (χ0v) is 67.9. The van der Waals surface area contributed by atoms with Gasteiger partial charge in [-0.05, 0) is 69.8 Å². The fourth-order valence-corrected chi connectivity index (χ4v) is 17.7. The number of hydrogen-bond donors (Lipinski definition) is 5. The molecule has 26 heteroatoms. The van der Waals surface area contributed by atoms with Crippen LogP contribution in [-0.2, 0) is 52.8 Å². The number of benzene rings is 6. The van der Waals surface area contributed by atoms with Gasteiger partial charge in [-0.2, -0.15) is 0 Å².